The van der Waals surface area contributed by atoms with E-state index in [1.807, 2.05) is 11.8 Å². The Labute approximate surface area is 128 Å². The Morgan fingerprint density at radius 2 is 2.19 bits per heavy atom. The molecule has 116 valence electrons. The highest BCUT2D eigenvalue weighted by Crippen LogP contribution is 2.17. The zero-order valence-electron chi connectivity index (χ0n) is 12.1. The van der Waals surface area contributed by atoms with Gasteiger partial charge in [0, 0.05) is 31.4 Å². The molecule has 1 fully saturated rings. The molecular formula is C15H21FN2O2S. The average Bonchev–Trinajstić information content (AvgIpc) is 2.49. The molecule has 1 aromatic rings. The Bertz CT molecular complexity index is 491. The average molecular weight is 312 g/mol. The van der Waals surface area contributed by atoms with Crippen molar-refractivity contribution in [3.05, 3.63) is 29.6 Å². The smallest absolute Gasteiger partial charge is 0.254 e. The number of amides is 1. The van der Waals surface area contributed by atoms with Crippen LogP contribution in [0.5, 0.6) is 5.75 Å². The minimum Gasteiger partial charge on any atom is -0.508 e. The Balaban J connectivity index is 1.85. The number of carbonyl (C=O) groups excluding carboxylic acids is 1. The van der Waals surface area contributed by atoms with E-state index in [4.69, 9.17) is 0 Å². The molecule has 0 aliphatic carbocycles. The number of halogens is 1. The van der Waals surface area contributed by atoms with Crippen molar-refractivity contribution < 1.29 is 14.3 Å². The molecule has 1 aliphatic rings. The van der Waals surface area contributed by atoms with Gasteiger partial charge >= 0.3 is 0 Å². The van der Waals surface area contributed by atoms with Gasteiger partial charge in [-0.2, -0.15) is 11.8 Å². The lowest BCUT2D eigenvalue weighted by Gasteiger charge is -2.32. The lowest BCUT2D eigenvalue weighted by Crippen LogP contribution is -2.45. The Morgan fingerprint density at radius 3 is 2.86 bits per heavy atom. The molecular weight excluding hydrogens is 291 g/mol. The first-order valence-corrected chi connectivity index (χ1v) is 8.50. The minimum absolute atomic E-state index is 0.0739. The standard InChI is InChI=1S/C15H21FN2O2S/c1-21-9-8-18-6-4-11(5-7-18)17-15(20)13-10-12(19)2-3-14(13)16/h2-3,10-11,19H,4-9H2,1H3,(H,17,20). The van der Waals surface area contributed by atoms with Gasteiger partial charge in [-0.15, -0.1) is 0 Å². The molecule has 1 amide bonds. The summed E-state index contributed by atoms with van der Waals surface area (Å²) in [5, 5.41) is 12.2. The summed E-state index contributed by atoms with van der Waals surface area (Å²) in [4.78, 5) is 14.4. The van der Waals surface area contributed by atoms with Crippen LogP contribution in [0, 0.1) is 5.82 Å². The first kappa shape index (κ1) is 16.1. The van der Waals surface area contributed by atoms with Crippen molar-refractivity contribution in [2.24, 2.45) is 0 Å². The second-order valence-corrected chi connectivity index (χ2v) is 6.23. The molecule has 0 saturated carbocycles. The van der Waals surface area contributed by atoms with Gasteiger partial charge in [-0.05, 0) is 37.3 Å². The number of piperidine rings is 1. The van der Waals surface area contributed by atoms with Gasteiger partial charge in [0.05, 0.1) is 5.56 Å². The third-order valence-corrected chi connectivity index (χ3v) is 4.32. The van der Waals surface area contributed by atoms with Crippen molar-refractivity contribution in [2.75, 3.05) is 31.6 Å². The summed E-state index contributed by atoms with van der Waals surface area (Å²) in [6, 6.07) is 3.58. The van der Waals surface area contributed by atoms with Crippen molar-refractivity contribution in [3.63, 3.8) is 0 Å². The van der Waals surface area contributed by atoms with Crippen molar-refractivity contribution in [2.45, 2.75) is 18.9 Å². The van der Waals surface area contributed by atoms with Gasteiger partial charge in [0.15, 0.2) is 0 Å². The van der Waals surface area contributed by atoms with Gasteiger partial charge in [0.25, 0.3) is 5.91 Å². The topological polar surface area (TPSA) is 52.6 Å². The maximum Gasteiger partial charge on any atom is 0.254 e. The van der Waals surface area contributed by atoms with Crippen LogP contribution in [0.15, 0.2) is 18.2 Å². The van der Waals surface area contributed by atoms with E-state index in [1.165, 1.54) is 6.07 Å². The number of aromatic hydroxyl groups is 1. The van der Waals surface area contributed by atoms with Crippen molar-refractivity contribution in [3.8, 4) is 5.75 Å². The quantitative estimate of drug-likeness (QED) is 0.874. The zero-order chi connectivity index (χ0) is 15.2. The van der Waals surface area contributed by atoms with Gasteiger partial charge in [-0.1, -0.05) is 0 Å². The van der Waals surface area contributed by atoms with Crippen LogP contribution in [0.4, 0.5) is 4.39 Å². The number of hydrogen-bond donors (Lipinski definition) is 2. The largest absolute Gasteiger partial charge is 0.508 e. The van der Waals surface area contributed by atoms with E-state index < -0.39 is 11.7 Å². The molecule has 0 spiro atoms. The third kappa shape index (κ3) is 4.61. The molecule has 0 radical (unpaired) electrons. The van der Waals surface area contributed by atoms with Crippen molar-refractivity contribution in [1.29, 1.82) is 0 Å². The number of rotatable bonds is 5. The Morgan fingerprint density at radius 1 is 1.48 bits per heavy atom. The number of nitrogens with zero attached hydrogens (tertiary/aromatic N) is 1. The number of benzene rings is 1. The van der Waals surface area contributed by atoms with Crippen LogP contribution in [0.2, 0.25) is 0 Å². The van der Waals surface area contributed by atoms with Crippen LogP contribution in [0.1, 0.15) is 23.2 Å². The molecule has 2 rings (SSSR count). The highest BCUT2D eigenvalue weighted by Gasteiger charge is 2.22. The summed E-state index contributed by atoms with van der Waals surface area (Å²) in [7, 11) is 0. The summed E-state index contributed by atoms with van der Waals surface area (Å²) in [6.07, 6.45) is 3.85. The molecule has 1 saturated heterocycles. The summed E-state index contributed by atoms with van der Waals surface area (Å²) in [6.45, 7) is 2.98. The lowest BCUT2D eigenvalue weighted by molar-refractivity contribution is 0.0908. The minimum atomic E-state index is -0.609. The molecule has 0 aromatic heterocycles. The van der Waals surface area contributed by atoms with Crippen LogP contribution in [0.25, 0.3) is 0 Å². The number of phenols is 1. The maximum absolute atomic E-state index is 13.6. The molecule has 4 nitrogen and oxygen atoms in total. The molecule has 0 bridgehead atoms. The highest BCUT2D eigenvalue weighted by molar-refractivity contribution is 7.98. The van der Waals surface area contributed by atoms with E-state index in [1.54, 1.807) is 0 Å². The number of phenolic OH excluding ortho intramolecular Hbond substituents is 1. The van der Waals surface area contributed by atoms with E-state index in [0.717, 1.165) is 50.4 Å². The number of nitrogens with one attached hydrogen (secondary N) is 1. The van der Waals surface area contributed by atoms with E-state index in [0.29, 0.717) is 0 Å². The van der Waals surface area contributed by atoms with Crippen molar-refractivity contribution >= 4 is 17.7 Å². The number of carbonyl (C=O) groups is 1. The third-order valence-electron chi connectivity index (χ3n) is 3.73. The SMILES string of the molecule is CSCCN1CCC(NC(=O)c2cc(O)ccc2F)CC1. The predicted octanol–water partition coefficient (Wildman–Crippen LogP) is 2.09. The summed E-state index contributed by atoms with van der Waals surface area (Å²) >= 11 is 1.83. The summed E-state index contributed by atoms with van der Waals surface area (Å²) < 4.78 is 13.6. The normalized spacial score (nSPS) is 16.9. The summed E-state index contributed by atoms with van der Waals surface area (Å²) in [5.41, 5.74) is -0.0974. The molecule has 0 atom stereocenters. The van der Waals surface area contributed by atoms with Crippen LogP contribution in [0.3, 0.4) is 0 Å². The predicted molar refractivity (Wildman–Crippen MR) is 83.4 cm³/mol. The number of hydrogen-bond acceptors (Lipinski definition) is 4. The van der Waals surface area contributed by atoms with Gasteiger partial charge in [0.2, 0.25) is 0 Å². The Hall–Kier alpha value is -1.27. The number of likely N-dealkylation sites (tertiary alicyclic amines) is 1. The molecule has 2 N–H and O–H groups in total. The second-order valence-electron chi connectivity index (χ2n) is 5.25. The maximum atomic E-state index is 13.6. The number of thioether (sulfide) groups is 1. The van der Waals surface area contributed by atoms with Gasteiger partial charge in [-0.3, -0.25) is 4.79 Å². The molecule has 6 heteroatoms. The molecule has 1 heterocycles. The highest BCUT2D eigenvalue weighted by atomic mass is 32.2. The van der Waals surface area contributed by atoms with Crippen LogP contribution >= 0.6 is 11.8 Å². The Kier molecular flexibility index (Phi) is 5.87. The van der Waals surface area contributed by atoms with Gasteiger partial charge in [0.1, 0.15) is 11.6 Å². The fourth-order valence-electron chi connectivity index (χ4n) is 2.47. The lowest BCUT2D eigenvalue weighted by atomic mass is 10.0. The van der Waals surface area contributed by atoms with E-state index >= 15 is 0 Å². The monoisotopic (exact) mass is 312 g/mol. The van der Waals surface area contributed by atoms with Crippen LogP contribution in [-0.4, -0.2) is 53.6 Å². The van der Waals surface area contributed by atoms with Gasteiger partial charge in [-0.25, -0.2) is 4.39 Å². The zero-order valence-corrected chi connectivity index (χ0v) is 13.0. The summed E-state index contributed by atoms with van der Waals surface area (Å²) in [5.74, 6) is -0.0481. The molecule has 1 aliphatic heterocycles. The fourth-order valence-corrected chi connectivity index (χ4v) is 2.91. The van der Waals surface area contributed by atoms with E-state index in [9.17, 15) is 14.3 Å². The first-order valence-electron chi connectivity index (χ1n) is 7.11. The van der Waals surface area contributed by atoms with E-state index in [2.05, 4.69) is 16.5 Å². The first-order chi connectivity index (χ1) is 10.1. The van der Waals surface area contributed by atoms with E-state index in [-0.39, 0.29) is 17.4 Å². The fraction of sp³-hybridized carbons (Fsp3) is 0.533. The van der Waals surface area contributed by atoms with Crippen molar-refractivity contribution in [1.82, 2.24) is 10.2 Å². The van der Waals surface area contributed by atoms with Crippen LogP contribution in [-0.2, 0) is 0 Å². The molecule has 21 heavy (non-hydrogen) atoms. The van der Waals surface area contributed by atoms with Gasteiger partial charge < -0.3 is 15.3 Å². The molecule has 1 aromatic carbocycles. The second kappa shape index (κ2) is 7.66. The van der Waals surface area contributed by atoms with Crippen LogP contribution < -0.4 is 5.32 Å². The molecule has 0 unspecified atom stereocenters.